The van der Waals surface area contributed by atoms with Gasteiger partial charge in [0.15, 0.2) is 0 Å². The van der Waals surface area contributed by atoms with E-state index in [9.17, 15) is 0 Å². The third-order valence-corrected chi connectivity index (χ3v) is 26.0. The van der Waals surface area contributed by atoms with Crippen molar-refractivity contribution in [2.75, 3.05) is 14.7 Å². The van der Waals surface area contributed by atoms with Crippen LogP contribution in [0.3, 0.4) is 0 Å². The van der Waals surface area contributed by atoms with Crippen LogP contribution in [0, 0.1) is 0 Å². The number of aromatic nitrogens is 1. The van der Waals surface area contributed by atoms with Gasteiger partial charge in [-0.1, -0.05) is 200 Å². The number of nitrogens with zero attached hydrogens (tertiary/aromatic N) is 4. The van der Waals surface area contributed by atoms with Crippen molar-refractivity contribution in [3.8, 4) is 66.3 Å². The van der Waals surface area contributed by atoms with E-state index in [1.54, 1.807) is 0 Å². The van der Waals surface area contributed by atoms with Gasteiger partial charge in [-0.05, 0) is 185 Å². The quantitative estimate of drug-likeness (QED) is 0.0958. The topological polar surface area (TPSA) is 14.7 Å². The molecule has 0 radical (unpaired) electrons. The Balaban J connectivity index is 0.788. The summed E-state index contributed by atoms with van der Waals surface area (Å²) in [5.74, 6) is 0. The standard InChI is InChI=1S/C90H58N4S6/c1-4-22-62(23-5-1)79-45-48-82(95-79)85-51-54-88(98-85)92(74-34-16-28-59-19-10-13-31-69(59)74)66-39-37-65(38-40-66)91-77-43-41-67(93(75-35-17-29-60-20-11-14-32-70(60)75)89-55-52-86(99-89)83-49-46-80(96-83)63-24-6-2-7-25-63)57-72(77)73-58-68(42-44-78(73)91)94(76-36-18-30-61-21-12-15-33-71(61)76)90-56-53-87(100-90)84-50-47-81(97-84)64-26-8-3-9-27-64/h1-58H. The molecule has 7 aromatic heterocycles. The van der Waals surface area contributed by atoms with Crippen LogP contribution in [-0.4, -0.2) is 4.57 Å². The van der Waals surface area contributed by atoms with Crippen molar-refractivity contribution in [3.05, 3.63) is 352 Å². The minimum atomic E-state index is 1.07. The lowest BCUT2D eigenvalue weighted by Gasteiger charge is -2.26. The van der Waals surface area contributed by atoms with Crippen LogP contribution >= 0.6 is 68.0 Å². The van der Waals surface area contributed by atoms with Crippen LogP contribution in [0.25, 0.3) is 120 Å². The van der Waals surface area contributed by atoms with Crippen molar-refractivity contribution < 1.29 is 0 Å². The van der Waals surface area contributed by atoms with E-state index in [0.717, 1.165) is 76.6 Å². The first-order valence-corrected chi connectivity index (χ1v) is 38.2. The predicted octanol–water partition coefficient (Wildman–Crippen LogP) is 29.0. The van der Waals surface area contributed by atoms with Crippen molar-refractivity contribution in [1.82, 2.24) is 4.57 Å². The minimum Gasteiger partial charge on any atom is -0.309 e. The second kappa shape index (κ2) is 25.6. The highest BCUT2D eigenvalue weighted by atomic mass is 32.1. The predicted molar refractivity (Wildman–Crippen MR) is 437 cm³/mol. The van der Waals surface area contributed by atoms with Crippen LogP contribution in [0.15, 0.2) is 352 Å². The Morgan fingerprint density at radius 1 is 0.200 bits per heavy atom. The van der Waals surface area contributed by atoms with Gasteiger partial charge in [0.2, 0.25) is 0 Å². The van der Waals surface area contributed by atoms with Crippen molar-refractivity contribution in [1.29, 1.82) is 0 Å². The molecule has 0 saturated carbocycles. The summed E-state index contributed by atoms with van der Waals surface area (Å²) in [6.07, 6.45) is 0. The Morgan fingerprint density at radius 2 is 0.490 bits per heavy atom. The van der Waals surface area contributed by atoms with Gasteiger partial charge >= 0.3 is 0 Å². The number of rotatable bonds is 16. The van der Waals surface area contributed by atoms with Gasteiger partial charge in [0.25, 0.3) is 0 Å². The largest absolute Gasteiger partial charge is 0.309 e. The molecular weight excluding hydrogens is 1330 g/mol. The van der Waals surface area contributed by atoms with Gasteiger partial charge in [0, 0.05) is 93.6 Å². The zero-order chi connectivity index (χ0) is 66.0. The van der Waals surface area contributed by atoms with Crippen molar-refractivity contribution in [3.63, 3.8) is 0 Å². The molecule has 0 aliphatic carbocycles. The van der Waals surface area contributed by atoms with Gasteiger partial charge in [-0.15, -0.1) is 68.0 Å². The van der Waals surface area contributed by atoms with E-state index < -0.39 is 0 Å². The van der Waals surface area contributed by atoms with E-state index in [1.807, 2.05) is 68.0 Å². The minimum absolute atomic E-state index is 1.07. The molecular formula is C90H58N4S6. The Kier molecular flexibility index (Phi) is 15.4. The van der Waals surface area contributed by atoms with Gasteiger partial charge in [-0.25, -0.2) is 0 Å². The lowest BCUT2D eigenvalue weighted by atomic mass is 10.1. The summed E-state index contributed by atoms with van der Waals surface area (Å²) < 4.78 is 2.48. The van der Waals surface area contributed by atoms with Crippen molar-refractivity contribution in [2.45, 2.75) is 0 Å². The van der Waals surface area contributed by atoms with Crippen LogP contribution in [0.4, 0.5) is 49.1 Å². The van der Waals surface area contributed by atoms with Gasteiger partial charge in [-0.3, -0.25) is 0 Å². The third kappa shape index (κ3) is 10.9. The van der Waals surface area contributed by atoms with Crippen LogP contribution in [0.2, 0.25) is 0 Å². The molecule has 0 aliphatic rings. The van der Waals surface area contributed by atoms with Crippen LogP contribution in [0.1, 0.15) is 0 Å². The molecule has 0 amide bonds. The molecule has 474 valence electrons. The summed E-state index contributed by atoms with van der Waals surface area (Å²) in [5, 5.41) is 12.9. The van der Waals surface area contributed by atoms with E-state index in [2.05, 4.69) is 371 Å². The maximum absolute atomic E-state index is 2.49. The molecule has 4 nitrogen and oxygen atoms in total. The van der Waals surface area contributed by atoms with Gasteiger partial charge in [0.05, 0.1) is 28.1 Å². The summed E-state index contributed by atoms with van der Waals surface area (Å²) in [7, 11) is 0. The van der Waals surface area contributed by atoms with Crippen LogP contribution in [0.5, 0.6) is 0 Å². The Labute approximate surface area is 603 Å². The first-order chi connectivity index (χ1) is 49.5. The second-order valence-electron chi connectivity index (χ2n) is 24.8. The number of hydrogen-bond donors (Lipinski definition) is 0. The van der Waals surface area contributed by atoms with E-state index in [4.69, 9.17) is 0 Å². The van der Waals surface area contributed by atoms with Gasteiger partial charge in [-0.2, -0.15) is 0 Å². The highest BCUT2D eigenvalue weighted by Gasteiger charge is 2.26. The lowest BCUT2D eigenvalue weighted by Crippen LogP contribution is -2.09. The van der Waals surface area contributed by atoms with E-state index in [0.29, 0.717) is 0 Å². The first-order valence-electron chi connectivity index (χ1n) is 33.3. The highest BCUT2D eigenvalue weighted by molar-refractivity contribution is 7.27. The van der Waals surface area contributed by atoms with Gasteiger partial charge < -0.3 is 19.3 Å². The summed E-state index contributed by atoms with van der Waals surface area (Å²) in [6.45, 7) is 0. The molecule has 0 saturated heterocycles. The lowest BCUT2D eigenvalue weighted by molar-refractivity contribution is 1.17. The summed E-state index contributed by atoms with van der Waals surface area (Å²) in [4.78, 5) is 18.7. The Hall–Kier alpha value is -11.2. The molecule has 10 heteroatoms. The van der Waals surface area contributed by atoms with Crippen LogP contribution < -0.4 is 14.7 Å². The molecule has 0 unspecified atom stereocenters. The van der Waals surface area contributed by atoms with E-state index in [1.165, 1.54) is 92.9 Å². The number of thiophene rings is 6. The molecule has 12 aromatic carbocycles. The Bertz CT molecular complexity index is 5930. The fraction of sp³-hybridized carbons (Fsp3) is 0. The summed E-state index contributed by atoms with van der Waals surface area (Å²) in [6, 6.07) is 130. The molecule has 0 fully saturated rings. The first kappa shape index (κ1) is 60.0. The molecule has 0 N–H and O–H groups in total. The fourth-order valence-corrected chi connectivity index (χ4v) is 20.5. The summed E-state index contributed by atoms with van der Waals surface area (Å²) in [5.41, 5.74) is 13.6. The number of fused-ring (bicyclic) bond motifs is 6. The van der Waals surface area contributed by atoms with Crippen molar-refractivity contribution in [2.24, 2.45) is 0 Å². The van der Waals surface area contributed by atoms with E-state index in [-0.39, 0.29) is 0 Å². The average Bonchev–Trinajstić information content (AvgIpc) is 1.54. The second-order valence-corrected chi connectivity index (χ2v) is 31.2. The highest BCUT2D eigenvalue weighted by Crippen LogP contribution is 2.52. The maximum atomic E-state index is 2.49. The SMILES string of the molecule is c1ccc(-c2ccc(-c3ccc(N(c4ccc(-n5c6ccc(N(c7ccc(-c8ccc(-c9ccccc9)s8)s7)c7cccc8ccccc78)cc6c6cc(N(c7ccc(-c8ccc(-c9ccccc9)s8)s7)c7cccc8ccccc78)ccc65)cc4)c4cccc5ccccc45)s3)s2)cc1. The average molecular weight is 1390 g/mol. The van der Waals surface area contributed by atoms with E-state index >= 15 is 0 Å². The number of benzene rings is 12. The maximum Gasteiger partial charge on any atom is 0.101 e. The molecule has 19 aromatic rings. The molecule has 19 rings (SSSR count). The molecule has 0 atom stereocenters. The Morgan fingerprint density at radius 3 is 0.860 bits per heavy atom. The summed E-state index contributed by atoms with van der Waals surface area (Å²) >= 11 is 11.1. The van der Waals surface area contributed by atoms with Crippen molar-refractivity contribution >= 4 is 171 Å². The molecule has 0 spiro atoms. The van der Waals surface area contributed by atoms with Crippen LogP contribution in [-0.2, 0) is 0 Å². The smallest absolute Gasteiger partial charge is 0.101 e. The molecule has 0 aliphatic heterocycles. The zero-order valence-electron chi connectivity index (χ0n) is 53.7. The zero-order valence-corrected chi connectivity index (χ0v) is 58.6. The monoisotopic (exact) mass is 1390 g/mol. The molecule has 7 heterocycles. The fourth-order valence-electron chi connectivity index (χ4n) is 14.1. The van der Waals surface area contributed by atoms with Gasteiger partial charge in [0.1, 0.15) is 15.0 Å². The molecule has 100 heavy (non-hydrogen) atoms. The third-order valence-electron chi connectivity index (χ3n) is 18.8. The number of hydrogen-bond acceptors (Lipinski definition) is 9. The number of anilines is 9. The normalized spacial score (nSPS) is 11.6. The molecule has 0 bridgehead atoms.